The Labute approximate surface area is 244 Å². The monoisotopic (exact) mass is 561 g/mol. The Bertz CT molecular complexity index is 1260. The standard InChI is InChI=1S/C33H43N3O5/c1-33(2,3)41-32(38)36-21-28(18-30(36)31(37)39-5)40-27-16-23(15-24(17-27)19-34)14-22-10-12-25(13-11-22)29-9-7-6-8-26(29)20-35-4/h6-9,15-17,22,25,28,30,35H,10-14,18,20-21H2,1-5H3/t22?,25?,28-,30-/m0/s1. The third-order valence-electron chi connectivity index (χ3n) is 8.00. The second kappa shape index (κ2) is 13.4. The van der Waals surface area contributed by atoms with Gasteiger partial charge in [0.2, 0.25) is 0 Å². The summed E-state index contributed by atoms with van der Waals surface area (Å²) in [4.78, 5) is 26.7. The molecule has 2 aromatic rings. The molecule has 1 N–H and O–H groups in total. The summed E-state index contributed by atoms with van der Waals surface area (Å²) >= 11 is 0. The molecule has 0 aromatic heterocycles. The largest absolute Gasteiger partial charge is 0.488 e. The highest BCUT2D eigenvalue weighted by atomic mass is 16.6. The SMILES string of the molecule is CNCc1ccccc1C1CCC(Cc2cc(C#N)cc(O[C@H]3C[C@@H](C(=O)OC)N(C(=O)OC(C)(C)C)C3)c2)CC1. The number of hydrogen-bond acceptors (Lipinski definition) is 7. The smallest absolute Gasteiger partial charge is 0.411 e. The molecule has 0 spiro atoms. The van der Waals surface area contributed by atoms with Crippen molar-refractivity contribution in [3.63, 3.8) is 0 Å². The van der Waals surface area contributed by atoms with E-state index in [1.807, 2.05) is 19.2 Å². The van der Waals surface area contributed by atoms with Crippen molar-refractivity contribution < 1.29 is 23.8 Å². The first-order chi connectivity index (χ1) is 19.6. The van der Waals surface area contributed by atoms with Crippen LogP contribution in [0.4, 0.5) is 4.79 Å². The van der Waals surface area contributed by atoms with Gasteiger partial charge >= 0.3 is 12.1 Å². The van der Waals surface area contributed by atoms with Crippen LogP contribution in [0.25, 0.3) is 0 Å². The molecule has 1 amide bonds. The second-order valence-corrected chi connectivity index (χ2v) is 12.3. The van der Waals surface area contributed by atoms with Gasteiger partial charge in [-0.3, -0.25) is 4.90 Å². The Kier molecular flexibility index (Phi) is 9.93. The Morgan fingerprint density at radius 1 is 1.10 bits per heavy atom. The van der Waals surface area contributed by atoms with Crippen molar-refractivity contribution in [1.82, 2.24) is 10.2 Å². The number of carbonyl (C=O) groups excluding carboxylic acids is 2. The van der Waals surface area contributed by atoms with Crippen LogP contribution in [0.3, 0.4) is 0 Å². The van der Waals surface area contributed by atoms with Gasteiger partial charge in [0.05, 0.1) is 25.3 Å². The van der Waals surface area contributed by atoms with Gasteiger partial charge in [0, 0.05) is 13.0 Å². The van der Waals surface area contributed by atoms with Gasteiger partial charge in [-0.2, -0.15) is 5.26 Å². The van der Waals surface area contributed by atoms with Crippen LogP contribution in [0.2, 0.25) is 0 Å². The maximum atomic E-state index is 12.8. The Morgan fingerprint density at radius 2 is 1.83 bits per heavy atom. The predicted octanol–water partition coefficient (Wildman–Crippen LogP) is 5.72. The average molecular weight is 562 g/mol. The Hall–Kier alpha value is -3.57. The van der Waals surface area contributed by atoms with E-state index in [1.54, 1.807) is 26.8 Å². The summed E-state index contributed by atoms with van der Waals surface area (Å²) in [5.74, 6) is 1.20. The molecule has 1 saturated heterocycles. The van der Waals surface area contributed by atoms with Gasteiger partial charge in [-0.05, 0) is 107 Å². The van der Waals surface area contributed by atoms with E-state index in [4.69, 9.17) is 14.2 Å². The molecule has 2 fully saturated rings. The van der Waals surface area contributed by atoms with E-state index < -0.39 is 29.8 Å². The van der Waals surface area contributed by atoms with E-state index in [1.165, 1.54) is 23.1 Å². The highest BCUT2D eigenvalue weighted by molar-refractivity contribution is 5.82. The number of nitriles is 1. The topological polar surface area (TPSA) is 101 Å². The molecule has 0 radical (unpaired) electrons. The minimum Gasteiger partial charge on any atom is -0.488 e. The zero-order chi connectivity index (χ0) is 29.6. The van der Waals surface area contributed by atoms with Crippen LogP contribution in [0.1, 0.15) is 81.0 Å². The van der Waals surface area contributed by atoms with Crippen molar-refractivity contribution in [2.24, 2.45) is 5.92 Å². The molecule has 8 nitrogen and oxygen atoms in total. The fourth-order valence-electron chi connectivity index (χ4n) is 6.16. The third kappa shape index (κ3) is 8.01. The number of benzene rings is 2. The van der Waals surface area contributed by atoms with Crippen LogP contribution in [-0.4, -0.2) is 55.4 Å². The lowest BCUT2D eigenvalue weighted by atomic mass is 9.75. The number of nitrogens with zero attached hydrogens (tertiary/aromatic N) is 2. The minimum absolute atomic E-state index is 0.194. The maximum Gasteiger partial charge on any atom is 0.411 e. The second-order valence-electron chi connectivity index (χ2n) is 12.3. The van der Waals surface area contributed by atoms with Crippen LogP contribution in [0.15, 0.2) is 42.5 Å². The van der Waals surface area contributed by atoms with Crippen molar-refractivity contribution >= 4 is 12.1 Å². The Balaban J connectivity index is 1.41. The Morgan fingerprint density at radius 3 is 2.49 bits per heavy atom. The van der Waals surface area contributed by atoms with Crippen molar-refractivity contribution in [3.8, 4) is 11.8 Å². The number of esters is 1. The number of carbonyl (C=O) groups is 2. The first-order valence-corrected chi connectivity index (χ1v) is 14.6. The van der Waals surface area contributed by atoms with Crippen LogP contribution in [-0.2, 0) is 27.2 Å². The molecule has 2 atom stereocenters. The maximum absolute atomic E-state index is 12.8. The van der Waals surface area contributed by atoms with E-state index in [0.717, 1.165) is 44.2 Å². The number of nitrogens with one attached hydrogen (secondary N) is 1. The van der Waals surface area contributed by atoms with E-state index in [0.29, 0.717) is 23.1 Å². The zero-order valence-corrected chi connectivity index (χ0v) is 24.9. The number of rotatable bonds is 8. The van der Waals surface area contributed by atoms with Gasteiger partial charge in [0.25, 0.3) is 0 Å². The van der Waals surface area contributed by atoms with Crippen molar-refractivity contribution in [2.45, 2.75) is 89.5 Å². The predicted molar refractivity (Wildman–Crippen MR) is 157 cm³/mol. The van der Waals surface area contributed by atoms with E-state index in [2.05, 4.69) is 35.7 Å². The molecule has 1 aliphatic carbocycles. The summed E-state index contributed by atoms with van der Waals surface area (Å²) in [7, 11) is 3.29. The third-order valence-corrected chi connectivity index (χ3v) is 8.00. The summed E-state index contributed by atoms with van der Waals surface area (Å²) in [6, 6.07) is 15.9. The normalized spacial score (nSPS) is 22.6. The molecule has 1 saturated carbocycles. The molecule has 8 heteroatoms. The number of amides is 1. The fraction of sp³-hybridized carbons (Fsp3) is 0.545. The van der Waals surface area contributed by atoms with Gasteiger partial charge in [0.1, 0.15) is 23.5 Å². The van der Waals surface area contributed by atoms with Crippen molar-refractivity contribution in [1.29, 1.82) is 5.26 Å². The van der Waals surface area contributed by atoms with Gasteiger partial charge < -0.3 is 19.5 Å². The first-order valence-electron chi connectivity index (χ1n) is 14.6. The summed E-state index contributed by atoms with van der Waals surface area (Å²) < 4.78 is 16.7. The van der Waals surface area contributed by atoms with Crippen molar-refractivity contribution in [2.75, 3.05) is 20.7 Å². The number of hydrogen-bond donors (Lipinski definition) is 1. The molecule has 1 aliphatic heterocycles. The van der Waals surface area contributed by atoms with Crippen LogP contribution in [0.5, 0.6) is 5.75 Å². The lowest BCUT2D eigenvalue weighted by Gasteiger charge is -2.30. The van der Waals surface area contributed by atoms with Gasteiger partial charge in [-0.15, -0.1) is 0 Å². The molecular formula is C33H43N3O5. The highest BCUT2D eigenvalue weighted by Crippen LogP contribution is 2.39. The number of ether oxygens (including phenoxy) is 3. The number of likely N-dealkylation sites (tertiary alicyclic amines) is 1. The van der Waals surface area contributed by atoms with E-state index in [9.17, 15) is 14.9 Å². The first kappa shape index (κ1) is 30.4. The van der Waals surface area contributed by atoms with E-state index >= 15 is 0 Å². The van der Waals surface area contributed by atoms with Gasteiger partial charge in [-0.25, -0.2) is 9.59 Å². The van der Waals surface area contributed by atoms with Gasteiger partial charge in [-0.1, -0.05) is 24.3 Å². The molecule has 0 unspecified atom stereocenters. The summed E-state index contributed by atoms with van der Waals surface area (Å²) in [5.41, 5.74) is 3.77. The van der Waals surface area contributed by atoms with Gasteiger partial charge in [0.15, 0.2) is 0 Å². The molecule has 4 rings (SSSR count). The van der Waals surface area contributed by atoms with Crippen LogP contribution in [0, 0.1) is 17.2 Å². The summed E-state index contributed by atoms with van der Waals surface area (Å²) in [6.45, 7) is 6.43. The molecule has 2 aromatic carbocycles. The lowest BCUT2D eigenvalue weighted by molar-refractivity contribution is -0.145. The zero-order valence-electron chi connectivity index (χ0n) is 24.9. The summed E-state index contributed by atoms with van der Waals surface area (Å²) in [6.07, 6.45) is 4.76. The summed E-state index contributed by atoms with van der Waals surface area (Å²) in [5, 5.41) is 13.0. The van der Waals surface area contributed by atoms with Crippen molar-refractivity contribution in [3.05, 3.63) is 64.7 Å². The molecule has 2 aliphatic rings. The molecular weight excluding hydrogens is 518 g/mol. The van der Waals surface area contributed by atoms with E-state index in [-0.39, 0.29) is 13.0 Å². The molecule has 1 heterocycles. The molecule has 220 valence electrons. The minimum atomic E-state index is -0.785. The highest BCUT2D eigenvalue weighted by Gasteiger charge is 2.43. The number of methoxy groups -OCH3 is 1. The fourth-order valence-corrected chi connectivity index (χ4v) is 6.16. The lowest BCUT2D eigenvalue weighted by Crippen LogP contribution is -2.44. The quantitative estimate of drug-likeness (QED) is 0.411. The molecule has 41 heavy (non-hydrogen) atoms. The van der Waals surface area contributed by atoms with Crippen LogP contribution < -0.4 is 10.1 Å². The van der Waals surface area contributed by atoms with Crippen LogP contribution >= 0.6 is 0 Å². The average Bonchev–Trinajstić information content (AvgIpc) is 3.36. The molecule has 0 bridgehead atoms.